The molecule has 3 N–H and O–H groups in total. The van der Waals surface area contributed by atoms with Crippen LogP contribution in [0.25, 0.3) is 0 Å². The van der Waals surface area contributed by atoms with Crippen LogP contribution in [0, 0.1) is 10.8 Å². The van der Waals surface area contributed by atoms with Gasteiger partial charge in [-0.05, 0) is 29.7 Å². The number of aliphatic hydroxyl groups excluding tert-OH is 1. The van der Waals surface area contributed by atoms with Crippen LogP contribution in [0.15, 0.2) is 35.6 Å². The number of nitrogens with one attached hydrogen (secondary N) is 1. The van der Waals surface area contributed by atoms with Crippen LogP contribution < -0.4 is 0 Å². The Morgan fingerprint density at radius 3 is 2.26 bits per heavy atom. The molecule has 0 amide bonds. The lowest BCUT2D eigenvalue weighted by Gasteiger charge is -2.29. The van der Waals surface area contributed by atoms with Gasteiger partial charge in [-0.25, -0.2) is 0 Å². The maximum atomic E-state index is 12.1. The van der Waals surface area contributed by atoms with Gasteiger partial charge in [-0.1, -0.05) is 13.8 Å². The quantitative estimate of drug-likeness (QED) is 0.714. The largest absolute Gasteiger partial charge is 0.511 e. The summed E-state index contributed by atoms with van der Waals surface area (Å²) in [5, 5.41) is 27.3. The van der Waals surface area contributed by atoms with Gasteiger partial charge in [0.15, 0.2) is 5.78 Å². The van der Waals surface area contributed by atoms with Gasteiger partial charge in [0.25, 0.3) is 0 Å². The van der Waals surface area contributed by atoms with Crippen molar-refractivity contribution < 1.29 is 15.0 Å². The molecule has 4 nitrogen and oxygen atoms in total. The molecule has 0 unspecified atom stereocenters. The Hall–Kier alpha value is -2.10. The Morgan fingerprint density at radius 2 is 1.74 bits per heavy atom. The molecule has 0 saturated heterocycles. The van der Waals surface area contributed by atoms with Gasteiger partial charge in [0.2, 0.25) is 0 Å². The van der Waals surface area contributed by atoms with Crippen molar-refractivity contribution in [1.82, 2.24) is 0 Å². The Bertz CT molecular complexity index is 568. The molecular weight excluding hydrogens is 242 g/mol. The zero-order valence-electron chi connectivity index (χ0n) is 11.0. The predicted octanol–water partition coefficient (Wildman–Crippen LogP) is 2.96. The fraction of sp³-hybridized carbons (Fsp3) is 0.333. The van der Waals surface area contributed by atoms with E-state index in [2.05, 4.69) is 0 Å². The number of Topliss-reactive ketones (excluding diaryl/α,β-unsaturated/α-hetero) is 1. The maximum absolute atomic E-state index is 12.1. The molecule has 0 spiro atoms. The summed E-state index contributed by atoms with van der Waals surface area (Å²) in [7, 11) is 0. The molecule has 2 rings (SSSR count). The SMILES string of the molecule is CC1(C)CC(=O)C(C(=N)c2ccc(O)cc2)=C(O)C1. The van der Waals surface area contributed by atoms with Crippen molar-refractivity contribution in [3.05, 3.63) is 41.2 Å². The topological polar surface area (TPSA) is 81.4 Å². The fourth-order valence-corrected chi connectivity index (χ4v) is 2.34. The molecule has 0 heterocycles. The average molecular weight is 259 g/mol. The molecule has 19 heavy (non-hydrogen) atoms. The Kier molecular flexibility index (Phi) is 3.18. The number of carbonyl (C=O) groups is 1. The molecule has 0 saturated carbocycles. The highest BCUT2D eigenvalue weighted by molar-refractivity contribution is 6.28. The number of aliphatic hydroxyl groups is 1. The van der Waals surface area contributed by atoms with Crippen molar-refractivity contribution in [3.8, 4) is 5.75 Å². The highest BCUT2D eigenvalue weighted by Crippen LogP contribution is 2.36. The summed E-state index contributed by atoms with van der Waals surface area (Å²) in [5.41, 5.74) is 0.357. The molecule has 100 valence electrons. The summed E-state index contributed by atoms with van der Waals surface area (Å²) in [6, 6.07) is 6.04. The van der Waals surface area contributed by atoms with Crippen molar-refractivity contribution >= 4 is 11.5 Å². The van der Waals surface area contributed by atoms with Crippen LogP contribution in [0.1, 0.15) is 32.3 Å². The van der Waals surface area contributed by atoms with E-state index in [1.807, 2.05) is 13.8 Å². The lowest BCUT2D eigenvalue weighted by atomic mass is 9.75. The fourth-order valence-electron chi connectivity index (χ4n) is 2.34. The Balaban J connectivity index is 2.38. The first-order chi connectivity index (χ1) is 8.80. The van der Waals surface area contributed by atoms with Gasteiger partial charge in [0, 0.05) is 18.4 Å². The summed E-state index contributed by atoms with van der Waals surface area (Å²) in [6.45, 7) is 3.84. The van der Waals surface area contributed by atoms with Gasteiger partial charge in [0.1, 0.15) is 11.5 Å². The van der Waals surface area contributed by atoms with Crippen LogP contribution >= 0.6 is 0 Å². The normalized spacial score (nSPS) is 18.5. The number of phenolic OH excluding ortho intramolecular Hbond substituents is 1. The van der Waals surface area contributed by atoms with Crippen LogP contribution in [0.3, 0.4) is 0 Å². The molecule has 1 aliphatic rings. The lowest BCUT2D eigenvalue weighted by molar-refractivity contribution is -0.117. The Labute approximate surface area is 111 Å². The van der Waals surface area contributed by atoms with E-state index >= 15 is 0 Å². The number of phenols is 1. The van der Waals surface area contributed by atoms with Gasteiger partial charge in [-0.2, -0.15) is 0 Å². The van der Waals surface area contributed by atoms with Crippen LogP contribution in [0.5, 0.6) is 5.75 Å². The number of rotatable bonds is 2. The first-order valence-corrected chi connectivity index (χ1v) is 6.14. The number of carbonyl (C=O) groups excluding carboxylic acids is 1. The van der Waals surface area contributed by atoms with Crippen LogP contribution in [0.2, 0.25) is 0 Å². The highest BCUT2D eigenvalue weighted by Gasteiger charge is 2.34. The van der Waals surface area contributed by atoms with E-state index in [9.17, 15) is 15.0 Å². The van der Waals surface area contributed by atoms with Crippen molar-refractivity contribution in [3.63, 3.8) is 0 Å². The number of aromatic hydroxyl groups is 1. The van der Waals surface area contributed by atoms with Crippen LogP contribution in [-0.4, -0.2) is 21.7 Å². The zero-order chi connectivity index (χ0) is 14.2. The van der Waals surface area contributed by atoms with Crippen LogP contribution in [0.4, 0.5) is 0 Å². The van der Waals surface area contributed by atoms with Crippen molar-refractivity contribution in [2.45, 2.75) is 26.7 Å². The molecule has 1 aromatic carbocycles. The van der Waals surface area contributed by atoms with Gasteiger partial charge in [-0.3, -0.25) is 10.2 Å². The van der Waals surface area contributed by atoms with E-state index in [4.69, 9.17) is 5.41 Å². The monoisotopic (exact) mass is 259 g/mol. The third kappa shape index (κ3) is 2.67. The average Bonchev–Trinajstić information content (AvgIpc) is 2.26. The molecule has 0 aromatic heterocycles. The number of benzene rings is 1. The minimum Gasteiger partial charge on any atom is -0.511 e. The van der Waals surface area contributed by atoms with E-state index in [1.54, 1.807) is 12.1 Å². The molecule has 0 aliphatic heterocycles. The highest BCUT2D eigenvalue weighted by atomic mass is 16.3. The molecule has 1 aliphatic carbocycles. The molecular formula is C15H17NO3. The lowest BCUT2D eigenvalue weighted by Crippen LogP contribution is -2.29. The number of ketones is 1. The van der Waals surface area contributed by atoms with E-state index < -0.39 is 0 Å². The minimum absolute atomic E-state index is 0.0120. The summed E-state index contributed by atoms with van der Waals surface area (Å²) in [5.74, 6) is -0.114. The summed E-state index contributed by atoms with van der Waals surface area (Å²) in [4.78, 5) is 12.1. The third-order valence-electron chi connectivity index (χ3n) is 3.26. The second kappa shape index (κ2) is 4.53. The predicted molar refractivity (Wildman–Crippen MR) is 72.6 cm³/mol. The molecule has 0 radical (unpaired) electrons. The first-order valence-electron chi connectivity index (χ1n) is 6.14. The molecule has 0 fully saturated rings. The van der Waals surface area contributed by atoms with E-state index in [0.717, 1.165) is 0 Å². The molecule has 0 bridgehead atoms. The van der Waals surface area contributed by atoms with Crippen molar-refractivity contribution in [2.24, 2.45) is 5.41 Å². The van der Waals surface area contributed by atoms with E-state index in [0.29, 0.717) is 18.4 Å². The second-order valence-corrected chi connectivity index (χ2v) is 5.68. The maximum Gasteiger partial charge on any atom is 0.168 e. The minimum atomic E-state index is -0.264. The summed E-state index contributed by atoms with van der Waals surface area (Å²) < 4.78 is 0. The number of allylic oxidation sites excluding steroid dienone is 2. The van der Waals surface area contributed by atoms with Crippen LogP contribution in [-0.2, 0) is 4.79 Å². The zero-order valence-corrected chi connectivity index (χ0v) is 11.0. The first kappa shape index (κ1) is 13.3. The second-order valence-electron chi connectivity index (χ2n) is 5.68. The number of hydrogen-bond donors (Lipinski definition) is 3. The van der Waals surface area contributed by atoms with Crippen molar-refractivity contribution in [2.75, 3.05) is 0 Å². The molecule has 4 heteroatoms. The third-order valence-corrected chi connectivity index (χ3v) is 3.26. The molecule has 0 atom stereocenters. The van der Waals surface area contributed by atoms with Gasteiger partial charge in [0.05, 0.1) is 11.3 Å². The summed E-state index contributed by atoms with van der Waals surface area (Å²) in [6.07, 6.45) is 0.724. The number of hydrogen-bond acceptors (Lipinski definition) is 4. The van der Waals surface area contributed by atoms with E-state index in [-0.39, 0.29) is 34.0 Å². The van der Waals surface area contributed by atoms with Gasteiger partial charge in [-0.15, -0.1) is 0 Å². The standard InChI is InChI=1S/C15H17NO3/c1-15(2)7-11(18)13(12(19)8-15)14(16)9-3-5-10(17)6-4-9/h3-6,16-18H,7-8H2,1-2H3. The van der Waals surface area contributed by atoms with Gasteiger partial charge >= 0.3 is 0 Å². The smallest absolute Gasteiger partial charge is 0.168 e. The van der Waals surface area contributed by atoms with Crippen molar-refractivity contribution in [1.29, 1.82) is 5.41 Å². The summed E-state index contributed by atoms with van der Waals surface area (Å²) >= 11 is 0. The van der Waals surface area contributed by atoms with E-state index in [1.165, 1.54) is 12.1 Å². The van der Waals surface area contributed by atoms with Gasteiger partial charge < -0.3 is 10.2 Å². The molecule has 1 aromatic rings. The Morgan fingerprint density at radius 1 is 1.16 bits per heavy atom.